The average molecular weight is 364 g/mol. The van der Waals surface area contributed by atoms with Crippen molar-refractivity contribution in [3.8, 4) is 0 Å². The molecule has 26 heavy (non-hydrogen) atoms. The van der Waals surface area contributed by atoms with Crippen LogP contribution in [-0.4, -0.2) is 4.57 Å². The Bertz CT molecular complexity index is 422. The van der Waals surface area contributed by atoms with E-state index in [1.165, 1.54) is 116 Å². The molecule has 0 aromatic carbocycles. The summed E-state index contributed by atoms with van der Waals surface area (Å²) in [6.45, 7) is 9.29. The zero-order valence-electron chi connectivity index (χ0n) is 18.3. The summed E-state index contributed by atoms with van der Waals surface area (Å²) in [5.74, 6) is 1.58. The summed E-state index contributed by atoms with van der Waals surface area (Å²) >= 11 is 0. The molecule has 2 heteroatoms. The van der Waals surface area contributed by atoms with Crippen molar-refractivity contribution in [2.75, 3.05) is 0 Å². The number of nitrogens with zero attached hydrogens (tertiary/aromatic N) is 2. The van der Waals surface area contributed by atoms with Crippen LogP contribution in [0.4, 0.5) is 0 Å². The van der Waals surface area contributed by atoms with E-state index in [1.54, 1.807) is 5.82 Å². The summed E-state index contributed by atoms with van der Waals surface area (Å²) in [6.07, 6.45) is 26.7. The molecule has 0 bridgehead atoms. The molecule has 2 nitrogen and oxygen atoms in total. The fraction of sp³-hybridized carbons (Fsp3) is 0.875. The van der Waals surface area contributed by atoms with Crippen molar-refractivity contribution in [2.45, 2.75) is 137 Å². The van der Waals surface area contributed by atoms with Crippen molar-refractivity contribution in [3.63, 3.8) is 0 Å². The number of hydrogen-bond acceptors (Lipinski definition) is 0. The van der Waals surface area contributed by atoms with Gasteiger partial charge in [-0.2, -0.15) is 0 Å². The first-order chi connectivity index (χ1) is 12.8. The maximum Gasteiger partial charge on any atom is 0.256 e. The van der Waals surface area contributed by atoms with Crippen molar-refractivity contribution in [1.29, 1.82) is 0 Å². The van der Waals surface area contributed by atoms with Crippen LogP contribution in [0.3, 0.4) is 0 Å². The van der Waals surface area contributed by atoms with Gasteiger partial charge in [0.15, 0.2) is 0 Å². The highest BCUT2D eigenvalue weighted by atomic mass is 15.1. The molecule has 0 atom stereocenters. The highest BCUT2D eigenvalue weighted by molar-refractivity contribution is 4.84. The molecule has 0 fully saturated rings. The van der Waals surface area contributed by atoms with Gasteiger partial charge in [-0.15, -0.1) is 0 Å². The Morgan fingerprint density at radius 1 is 0.654 bits per heavy atom. The molecule has 0 saturated carbocycles. The third-order valence-electron chi connectivity index (χ3n) is 5.60. The highest BCUT2D eigenvalue weighted by Gasteiger charge is 2.16. The molecule has 0 amide bonds. The summed E-state index contributed by atoms with van der Waals surface area (Å²) in [6, 6.07) is 0. The Balaban J connectivity index is 2.26. The second-order valence-corrected chi connectivity index (χ2v) is 8.09. The molecule has 152 valence electrons. The molecule has 0 aliphatic heterocycles. The van der Waals surface area contributed by atoms with Gasteiger partial charge in [-0.25, -0.2) is 9.13 Å². The van der Waals surface area contributed by atoms with Crippen LogP contribution in [0.15, 0.2) is 12.4 Å². The summed E-state index contributed by atoms with van der Waals surface area (Å²) < 4.78 is 5.07. The van der Waals surface area contributed by atoms with Crippen LogP contribution in [0.2, 0.25) is 0 Å². The van der Waals surface area contributed by atoms with Crippen molar-refractivity contribution in [1.82, 2.24) is 4.57 Å². The van der Waals surface area contributed by atoms with E-state index < -0.39 is 0 Å². The van der Waals surface area contributed by atoms with Gasteiger partial charge in [0.05, 0.1) is 13.1 Å². The minimum absolute atomic E-state index is 1.20. The van der Waals surface area contributed by atoms with E-state index in [9.17, 15) is 0 Å². The summed E-state index contributed by atoms with van der Waals surface area (Å²) in [7, 11) is 0. The lowest BCUT2D eigenvalue weighted by atomic mass is 10.1. The molecule has 0 aliphatic rings. The van der Waals surface area contributed by atoms with E-state index in [0.29, 0.717) is 0 Å². The van der Waals surface area contributed by atoms with Gasteiger partial charge < -0.3 is 0 Å². The largest absolute Gasteiger partial charge is 0.256 e. The van der Waals surface area contributed by atoms with Gasteiger partial charge in [0, 0.05) is 6.42 Å². The van der Waals surface area contributed by atoms with E-state index in [0.717, 1.165) is 0 Å². The molecule has 0 N–H and O–H groups in total. The van der Waals surface area contributed by atoms with Gasteiger partial charge in [0.1, 0.15) is 12.4 Å². The van der Waals surface area contributed by atoms with Gasteiger partial charge in [-0.3, -0.25) is 0 Å². The molecule has 1 aromatic heterocycles. The van der Waals surface area contributed by atoms with Crippen LogP contribution in [-0.2, 0) is 19.5 Å². The third kappa shape index (κ3) is 10.4. The van der Waals surface area contributed by atoms with Gasteiger partial charge in [0.25, 0.3) is 5.82 Å². The minimum atomic E-state index is 1.20. The first-order valence-electron chi connectivity index (χ1n) is 11.9. The maximum absolute atomic E-state index is 2.54. The first kappa shape index (κ1) is 23.2. The van der Waals surface area contributed by atoms with Gasteiger partial charge in [-0.1, -0.05) is 91.4 Å². The topological polar surface area (TPSA) is 8.81 Å². The summed E-state index contributed by atoms with van der Waals surface area (Å²) in [5.41, 5.74) is 0. The normalized spacial score (nSPS) is 11.3. The lowest BCUT2D eigenvalue weighted by Crippen LogP contribution is -2.37. The molecular weight excluding hydrogens is 316 g/mol. The average Bonchev–Trinajstić information content (AvgIpc) is 3.03. The van der Waals surface area contributed by atoms with Crippen molar-refractivity contribution >= 4 is 0 Å². The maximum atomic E-state index is 2.54. The Kier molecular flexibility index (Phi) is 14.7. The zero-order valence-corrected chi connectivity index (χ0v) is 18.3. The van der Waals surface area contributed by atoms with Crippen LogP contribution in [0.25, 0.3) is 0 Å². The molecule has 0 radical (unpaired) electrons. The van der Waals surface area contributed by atoms with E-state index in [4.69, 9.17) is 0 Å². The SMILES string of the molecule is CCCCCCCCCCCCc1n(CCCC)cc[n+]1CCCCC. The monoisotopic (exact) mass is 363 g/mol. The lowest BCUT2D eigenvalue weighted by Gasteiger charge is -2.06. The van der Waals surface area contributed by atoms with E-state index in [1.807, 2.05) is 0 Å². The molecule has 0 unspecified atom stereocenters. The molecular formula is C24H47N2+. The molecule has 0 aliphatic carbocycles. The van der Waals surface area contributed by atoms with Gasteiger partial charge in [-0.05, 0) is 25.7 Å². The van der Waals surface area contributed by atoms with Crippen LogP contribution >= 0.6 is 0 Å². The molecule has 0 saturated heterocycles. The van der Waals surface area contributed by atoms with E-state index >= 15 is 0 Å². The standard InChI is InChI=1S/C24H47N2/c1-4-7-10-11-12-13-14-15-16-17-19-24-25(20-9-6-3)22-23-26(24)21-18-8-5-2/h22-23H,4-21H2,1-3H3/q+1. The Labute approximate surface area is 164 Å². The molecule has 1 aromatic rings. The summed E-state index contributed by atoms with van der Waals surface area (Å²) in [4.78, 5) is 0. The Morgan fingerprint density at radius 2 is 1.19 bits per heavy atom. The number of unbranched alkanes of at least 4 members (excludes halogenated alkanes) is 12. The van der Waals surface area contributed by atoms with Crippen molar-refractivity contribution < 1.29 is 4.57 Å². The number of aryl methyl sites for hydroxylation is 2. The number of aromatic nitrogens is 2. The summed E-state index contributed by atoms with van der Waals surface area (Å²) in [5, 5.41) is 0. The minimum Gasteiger partial charge on any atom is -0.234 e. The fourth-order valence-electron chi connectivity index (χ4n) is 3.82. The van der Waals surface area contributed by atoms with Gasteiger partial charge in [0.2, 0.25) is 0 Å². The predicted molar refractivity (Wildman–Crippen MR) is 115 cm³/mol. The van der Waals surface area contributed by atoms with Crippen LogP contribution in [0.1, 0.15) is 123 Å². The smallest absolute Gasteiger partial charge is 0.234 e. The predicted octanol–water partition coefficient (Wildman–Crippen LogP) is 7.23. The van der Waals surface area contributed by atoms with Crippen LogP contribution in [0, 0.1) is 0 Å². The number of imidazole rings is 1. The second kappa shape index (κ2) is 16.4. The highest BCUT2D eigenvalue weighted by Crippen LogP contribution is 2.12. The zero-order chi connectivity index (χ0) is 18.9. The van der Waals surface area contributed by atoms with Crippen molar-refractivity contribution in [3.05, 3.63) is 18.2 Å². The molecule has 0 spiro atoms. The number of hydrogen-bond donors (Lipinski definition) is 0. The quantitative estimate of drug-likeness (QED) is 0.192. The third-order valence-corrected chi connectivity index (χ3v) is 5.60. The fourth-order valence-corrected chi connectivity index (χ4v) is 3.82. The lowest BCUT2D eigenvalue weighted by molar-refractivity contribution is -0.704. The van der Waals surface area contributed by atoms with Gasteiger partial charge >= 0.3 is 0 Å². The number of rotatable bonds is 18. The van der Waals surface area contributed by atoms with E-state index in [2.05, 4.69) is 42.3 Å². The molecule has 1 rings (SSSR count). The van der Waals surface area contributed by atoms with Crippen molar-refractivity contribution in [2.24, 2.45) is 0 Å². The Morgan fingerprint density at radius 3 is 1.81 bits per heavy atom. The first-order valence-corrected chi connectivity index (χ1v) is 11.9. The van der Waals surface area contributed by atoms with Crippen LogP contribution in [0.5, 0.6) is 0 Å². The Hall–Kier alpha value is -0.790. The van der Waals surface area contributed by atoms with Crippen LogP contribution < -0.4 is 4.57 Å². The second-order valence-electron chi connectivity index (χ2n) is 8.09. The molecule has 1 heterocycles. The van der Waals surface area contributed by atoms with E-state index in [-0.39, 0.29) is 0 Å².